The first kappa shape index (κ1) is 10.7. The Hall–Kier alpha value is -1.82. The summed E-state index contributed by atoms with van der Waals surface area (Å²) >= 11 is 0. The zero-order chi connectivity index (χ0) is 11.5. The SMILES string of the molecule is C=C(c1ccccc1)c1cc(C)cc(C)c1. The zero-order valence-electron chi connectivity index (χ0n) is 9.83. The van der Waals surface area contributed by atoms with Gasteiger partial charge in [-0.15, -0.1) is 0 Å². The Bertz CT molecular complexity index is 487. The monoisotopic (exact) mass is 208 g/mol. The molecule has 2 aromatic carbocycles. The Morgan fingerprint density at radius 2 is 1.38 bits per heavy atom. The summed E-state index contributed by atoms with van der Waals surface area (Å²) in [7, 11) is 0. The second-order valence-electron chi connectivity index (χ2n) is 4.22. The quantitative estimate of drug-likeness (QED) is 0.687. The van der Waals surface area contributed by atoms with E-state index in [-0.39, 0.29) is 0 Å². The normalized spacial score (nSPS) is 10.1. The van der Waals surface area contributed by atoms with E-state index in [0.717, 1.165) is 5.57 Å². The van der Waals surface area contributed by atoms with E-state index in [4.69, 9.17) is 0 Å². The summed E-state index contributed by atoms with van der Waals surface area (Å²) in [5.74, 6) is 0. The molecule has 0 unspecified atom stereocenters. The zero-order valence-corrected chi connectivity index (χ0v) is 9.83. The standard InChI is InChI=1S/C16H16/c1-12-9-13(2)11-16(10-12)14(3)15-7-5-4-6-8-15/h4-11H,3H2,1-2H3. The van der Waals surface area contributed by atoms with Crippen molar-refractivity contribution < 1.29 is 0 Å². The fraction of sp³-hybridized carbons (Fsp3) is 0.125. The van der Waals surface area contributed by atoms with Crippen LogP contribution < -0.4 is 0 Å². The van der Waals surface area contributed by atoms with Crippen molar-refractivity contribution in [1.82, 2.24) is 0 Å². The highest BCUT2D eigenvalue weighted by molar-refractivity contribution is 5.78. The minimum Gasteiger partial charge on any atom is -0.0906 e. The molecule has 0 amide bonds. The summed E-state index contributed by atoms with van der Waals surface area (Å²) in [6.07, 6.45) is 0. The highest BCUT2D eigenvalue weighted by atomic mass is 14.1. The van der Waals surface area contributed by atoms with Crippen molar-refractivity contribution in [2.45, 2.75) is 13.8 Å². The van der Waals surface area contributed by atoms with Crippen molar-refractivity contribution in [3.63, 3.8) is 0 Å². The lowest BCUT2D eigenvalue weighted by Gasteiger charge is -2.08. The lowest BCUT2D eigenvalue weighted by Crippen LogP contribution is -1.88. The van der Waals surface area contributed by atoms with Crippen LogP contribution in [0.4, 0.5) is 0 Å². The number of hydrogen-bond donors (Lipinski definition) is 0. The molecule has 0 aliphatic carbocycles. The molecule has 0 aromatic heterocycles. The molecule has 0 spiro atoms. The Balaban J connectivity index is 2.42. The lowest BCUT2D eigenvalue weighted by molar-refractivity contribution is 1.36. The predicted molar refractivity (Wildman–Crippen MR) is 70.5 cm³/mol. The van der Waals surface area contributed by atoms with Gasteiger partial charge in [0, 0.05) is 0 Å². The van der Waals surface area contributed by atoms with Gasteiger partial charge in [0.05, 0.1) is 0 Å². The molecular formula is C16H16. The molecule has 0 nitrogen and oxygen atoms in total. The van der Waals surface area contributed by atoms with Gasteiger partial charge in [-0.25, -0.2) is 0 Å². The number of benzene rings is 2. The van der Waals surface area contributed by atoms with Crippen molar-refractivity contribution in [2.24, 2.45) is 0 Å². The summed E-state index contributed by atoms with van der Waals surface area (Å²) in [6, 6.07) is 16.9. The Morgan fingerprint density at radius 1 is 0.812 bits per heavy atom. The van der Waals surface area contributed by atoms with Crippen LogP contribution in [0.5, 0.6) is 0 Å². The van der Waals surface area contributed by atoms with Crippen molar-refractivity contribution in [1.29, 1.82) is 0 Å². The first-order chi connectivity index (χ1) is 7.66. The third-order valence-corrected chi connectivity index (χ3v) is 2.69. The molecule has 0 aliphatic rings. The third-order valence-electron chi connectivity index (χ3n) is 2.69. The van der Waals surface area contributed by atoms with Crippen molar-refractivity contribution in [3.8, 4) is 0 Å². The lowest BCUT2D eigenvalue weighted by atomic mass is 9.96. The van der Waals surface area contributed by atoms with Crippen LogP contribution >= 0.6 is 0 Å². The molecule has 0 heteroatoms. The van der Waals surface area contributed by atoms with Gasteiger partial charge in [-0.05, 0) is 30.5 Å². The van der Waals surface area contributed by atoms with Gasteiger partial charge in [0.25, 0.3) is 0 Å². The first-order valence-electron chi connectivity index (χ1n) is 5.50. The van der Waals surface area contributed by atoms with E-state index < -0.39 is 0 Å². The van der Waals surface area contributed by atoms with E-state index in [1.807, 2.05) is 18.2 Å². The van der Waals surface area contributed by atoms with Crippen molar-refractivity contribution in [3.05, 3.63) is 77.4 Å². The van der Waals surface area contributed by atoms with Crippen LogP contribution in [0.15, 0.2) is 55.1 Å². The van der Waals surface area contributed by atoms with Gasteiger partial charge in [0.15, 0.2) is 0 Å². The molecule has 0 aliphatic heterocycles. The second kappa shape index (κ2) is 4.36. The number of hydrogen-bond acceptors (Lipinski definition) is 0. The van der Waals surface area contributed by atoms with Gasteiger partial charge in [-0.1, -0.05) is 66.2 Å². The molecule has 0 N–H and O–H groups in total. The van der Waals surface area contributed by atoms with Crippen molar-refractivity contribution in [2.75, 3.05) is 0 Å². The Morgan fingerprint density at radius 3 is 1.94 bits per heavy atom. The Labute approximate surface area is 97.3 Å². The average molecular weight is 208 g/mol. The van der Waals surface area contributed by atoms with Crippen LogP contribution in [-0.2, 0) is 0 Å². The molecule has 0 heterocycles. The van der Waals surface area contributed by atoms with Crippen LogP contribution in [0.25, 0.3) is 5.57 Å². The van der Waals surface area contributed by atoms with E-state index >= 15 is 0 Å². The summed E-state index contributed by atoms with van der Waals surface area (Å²) in [4.78, 5) is 0. The maximum atomic E-state index is 4.18. The topological polar surface area (TPSA) is 0 Å². The summed E-state index contributed by atoms with van der Waals surface area (Å²) in [5.41, 5.74) is 6.06. The molecule has 0 radical (unpaired) electrons. The smallest absolute Gasteiger partial charge is 0.0179 e. The molecule has 2 aromatic rings. The summed E-state index contributed by atoms with van der Waals surface area (Å²) in [6.45, 7) is 8.42. The van der Waals surface area contributed by atoms with Crippen LogP contribution in [0, 0.1) is 13.8 Å². The van der Waals surface area contributed by atoms with E-state index in [1.54, 1.807) is 0 Å². The first-order valence-corrected chi connectivity index (χ1v) is 5.50. The van der Waals surface area contributed by atoms with Gasteiger partial charge in [0.1, 0.15) is 0 Å². The fourth-order valence-electron chi connectivity index (χ4n) is 1.95. The van der Waals surface area contributed by atoms with E-state index in [1.165, 1.54) is 22.3 Å². The molecular weight excluding hydrogens is 192 g/mol. The van der Waals surface area contributed by atoms with Gasteiger partial charge in [-0.2, -0.15) is 0 Å². The minimum atomic E-state index is 1.09. The average Bonchev–Trinajstić information content (AvgIpc) is 2.28. The van der Waals surface area contributed by atoms with Gasteiger partial charge < -0.3 is 0 Å². The van der Waals surface area contributed by atoms with Crippen LogP contribution in [0.1, 0.15) is 22.3 Å². The maximum Gasteiger partial charge on any atom is -0.0179 e. The van der Waals surface area contributed by atoms with Gasteiger partial charge in [-0.3, -0.25) is 0 Å². The van der Waals surface area contributed by atoms with Gasteiger partial charge in [0.2, 0.25) is 0 Å². The minimum absolute atomic E-state index is 1.09. The molecule has 16 heavy (non-hydrogen) atoms. The summed E-state index contributed by atoms with van der Waals surface area (Å²) < 4.78 is 0. The molecule has 2 rings (SSSR count). The molecule has 0 atom stereocenters. The molecule has 0 bridgehead atoms. The van der Waals surface area contributed by atoms with Crippen LogP contribution in [0.3, 0.4) is 0 Å². The summed E-state index contributed by atoms with van der Waals surface area (Å²) in [5, 5.41) is 0. The number of rotatable bonds is 2. The molecule has 0 fully saturated rings. The highest BCUT2D eigenvalue weighted by Crippen LogP contribution is 2.23. The van der Waals surface area contributed by atoms with E-state index in [0.29, 0.717) is 0 Å². The maximum absolute atomic E-state index is 4.18. The highest BCUT2D eigenvalue weighted by Gasteiger charge is 2.02. The Kier molecular flexibility index (Phi) is 2.91. The fourth-order valence-corrected chi connectivity index (χ4v) is 1.95. The predicted octanol–water partition coefficient (Wildman–Crippen LogP) is 4.36. The molecule has 0 saturated heterocycles. The van der Waals surface area contributed by atoms with E-state index in [2.05, 4.69) is 50.8 Å². The van der Waals surface area contributed by atoms with Gasteiger partial charge >= 0.3 is 0 Å². The second-order valence-corrected chi connectivity index (χ2v) is 4.22. The molecule has 0 saturated carbocycles. The van der Waals surface area contributed by atoms with Crippen LogP contribution in [-0.4, -0.2) is 0 Å². The third kappa shape index (κ3) is 2.22. The molecule has 80 valence electrons. The van der Waals surface area contributed by atoms with E-state index in [9.17, 15) is 0 Å². The number of aryl methyl sites for hydroxylation is 2. The largest absolute Gasteiger partial charge is 0.0906 e. The van der Waals surface area contributed by atoms with Crippen molar-refractivity contribution >= 4 is 5.57 Å². The van der Waals surface area contributed by atoms with Crippen LogP contribution in [0.2, 0.25) is 0 Å².